The Bertz CT molecular complexity index is 237. The van der Waals surface area contributed by atoms with Gasteiger partial charge < -0.3 is 0 Å². The smallest absolute Gasteiger partial charge is 0.0991 e. The van der Waals surface area contributed by atoms with Gasteiger partial charge in [-0.2, -0.15) is 5.26 Å². The van der Waals surface area contributed by atoms with Crippen LogP contribution in [0.3, 0.4) is 0 Å². The molecule has 1 aromatic rings. The maximum Gasteiger partial charge on any atom is 0.0991 e. The summed E-state index contributed by atoms with van der Waals surface area (Å²) >= 11 is 3.27. The van der Waals surface area contributed by atoms with Crippen LogP contribution in [0, 0.1) is 11.3 Å². The summed E-state index contributed by atoms with van der Waals surface area (Å²) in [6.07, 6.45) is 0. The van der Waals surface area contributed by atoms with Crippen LogP contribution in [0.1, 0.15) is 5.56 Å². The third-order valence-electron chi connectivity index (χ3n) is 0.973. The fraction of sp³-hybridized carbons (Fsp3) is 0. The summed E-state index contributed by atoms with van der Waals surface area (Å²) in [5, 5.41) is 8.36. The summed E-state index contributed by atoms with van der Waals surface area (Å²) in [7, 11) is 0. The Morgan fingerprint density at radius 1 is 1.20 bits per heavy atom. The summed E-state index contributed by atoms with van der Waals surface area (Å²) in [5.41, 5.74) is 0.693. The van der Waals surface area contributed by atoms with Gasteiger partial charge in [0, 0.05) is 24.0 Å². The molecule has 0 heterocycles. The van der Waals surface area contributed by atoms with Gasteiger partial charge in [-0.3, -0.25) is 0 Å². The average molecular weight is 247 g/mol. The Labute approximate surface area is 80.9 Å². The van der Waals surface area contributed by atoms with Gasteiger partial charge >= 0.3 is 0 Å². The second-order valence-electron chi connectivity index (χ2n) is 1.62. The molecule has 0 unspecified atom stereocenters. The largest absolute Gasteiger partial charge is 0.192 e. The van der Waals surface area contributed by atoms with Crippen LogP contribution in [0.15, 0.2) is 28.7 Å². The van der Waals surface area contributed by atoms with Gasteiger partial charge in [0.2, 0.25) is 0 Å². The molecule has 10 heavy (non-hydrogen) atoms. The summed E-state index contributed by atoms with van der Waals surface area (Å²) in [6, 6.07) is 9.26. The molecule has 3 heteroatoms. The number of hydrogen-bond donors (Lipinski definition) is 0. The van der Waals surface area contributed by atoms with Crippen LogP contribution >= 0.6 is 15.9 Å². The predicted molar refractivity (Wildman–Crippen MR) is 38.9 cm³/mol. The van der Waals surface area contributed by atoms with Gasteiger partial charge in [-0.05, 0) is 24.3 Å². The first-order valence-corrected chi connectivity index (χ1v) is 3.28. The quantitative estimate of drug-likeness (QED) is 0.646. The first-order valence-electron chi connectivity index (χ1n) is 2.48. The number of halogens is 1. The van der Waals surface area contributed by atoms with Crippen molar-refractivity contribution in [1.82, 2.24) is 0 Å². The maximum atomic E-state index is 8.36. The van der Waals surface area contributed by atoms with Crippen molar-refractivity contribution >= 4 is 15.9 Å². The monoisotopic (exact) mass is 245 g/mol. The molecule has 0 atom stereocenters. The van der Waals surface area contributed by atoms with Gasteiger partial charge in [-0.25, -0.2) is 0 Å². The second kappa shape index (κ2) is 4.60. The topological polar surface area (TPSA) is 23.8 Å². The fourth-order valence-electron chi connectivity index (χ4n) is 0.524. The van der Waals surface area contributed by atoms with Gasteiger partial charge in [-0.15, -0.1) is 0 Å². The Balaban J connectivity index is 0.000000810. The molecule has 0 spiro atoms. The predicted octanol–water partition coefficient (Wildman–Crippen LogP) is 2.32. The minimum atomic E-state index is 0. The van der Waals surface area contributed by atoms with E-state index in [0.29, 0.717) is 5.56 Å². The van der Waals surface area contributed by atoms with Crippen molar-refractivity contribution < 1.29 is 19.5 Å². The molecule has 1 nitrogen and oxygen atoms in total. The van der Waals surface area contributed by atoms with E-state index < -0.39 is 0 Å². The summed E-state index contributed by atoms with van der Waals surface area (Å²) < 4.78 is 1.00. The zero-order valence-electron chi connectivity index (χ0n) is 5.34. The molecule has 0 saturated heterocycles. The molecular formula is C7H4BrNZn. The fourth-order valence-corrected chi connectivity index (χ4v) is 0.789. The number of benzene rings is 1. The Hall–Kier alpha value is -0.187. The van der Waals surface area contributed by atoms with Gasteiger partial charge in [0.25, 0.3) is 0 Å². The van der Waals surface area contributed by atoms with Crippen LogP contribution in [0.5, 0.6) is 0 Å². The Morgan fingerprint density at radius 2 is 1.70 bits per heavy atom. The minimum Gasteiger partial charge on any atom is -0.192 e. The zero-order chi connectivity index (χ0) is 6.69. The minimum absolute atomic E-state index is 0. The van der Waals surface area contributed by atoms with Crippen LogP contribution in [-0.4, -0.2) is 0 Å². The van der Waals surface area contributed by atoms with E-state index in [0.717, 1.165) is 4.47 Å². The zero-order valence-corrected chi connectivity index (χ0v) is 9.89. The Kier molecular flexibility index (Phi) is 4.52. The van der Waals surface area contributed by atoms with Crippen molar-refractivity contribution in [1.29, 1.82) is 5.26 Å². The SMILES string of the molecule is N#Cc1ccc(Br)cc1.[Zn]. The van der Waals surface area contributed by atoms with Crippen LogP contribution in [-0.2, 0) is 19.5 Å². The van der Waals surface area contributed by atoms with E-state index in [4.69, 9.17) is 5.26 Å². The number of hydrogen-bond acceptors (Lipinski definition) is 1. The number of nitriles is 1. The van der Waals surface area contributed by atoms with Crippen LogP contribution in [0.4, 0.5) is 0 Å². The van der Waals surface area contributed by atoms with E-state index in [-0.39, 0.29) is 19.5 Å². The third-order valence-corrected chi connectivity index (χ3v) is 1.50. The van der Waals surface area contributed by atoms with E-state index >= 15 is 0 Å². The molecule has 0 aliphatic rings. The molecule has 0 amide bonds. The summed E-state index contributed by atoms with van der Waals surface area (Å²) in [5.74, 6) is 0. The molecule has 1 rings (SSSR count). The maximum absolute atomic E-state index is 8.36. The van der Waals surface area contributed by atoms with Crippen molar-refractivity contribution in [2.45, 2.75) is 0 Å². The van der Waals surface area contributed by atoms with E-state index in [1.54, 1.807) is 12.1 Å². The molecule has 0 bridgehead atoms. The normalized spacial score (nSPS) is 7.60. The first-order chi connectivity index (χ1) is 4.33. The second-order valence-corrected chi connectivity index (χ2v) is 2.53. The van der Waals surface area contributed by atoms with Gasteiger partial charge in [0.1, 0.15) is 0 Å². The van der Waals surface area contributed by atoms with E-state index in [1.807, 2.05) is 18.2 Å². The van der Waals surface area contributed by atoms with Gasteiger partial charge in [-0.1, -0.05) is 15.9 Å². The summed E-state index contributed by atoms with van der Waals surface area (Å²) in [4.78, 5) is 0. The molecule has 1 aromatic carbocycles. The van der Waals surface area contributed by atoms with Crippen LogP contribution < -0.4 is 0 Å². The van der Waals surface area contributed by atoms with Crippen molar-refractivity contribution in [3.63, 3.8) is 0 Å². The van der Waals surface area contributed by atoms with Crippen molar-refractivity contribution in [2.75, 3.05) is 0 Å². The van der Waals surface area contributed by atoms with E-state index in [1.165, 1.54) is 0 Å². The van der Waals surface area contributed by atoms with Crippen molar-refractivity contribution in [3.05, 3.63) is 34.3 Å². The average Bonchev–Trinajstić information content (AvgIpc) is 1.90. The molecule has 0 N–H and O–H groups in total. The molecule has 0 aliphatic carbocycles. The number of rotatable bonds is 0. The Morgan fingerprint density at radius 3 is 2.10 bits per heavy atom. The van der Waals surface area contributed by atoms with Gasteiger partial charge in [0.15, 0.2) is 0 Å². The summed E-state index contributed by atoms with van der Waals surface area (Å²) in [6.45, 7) is 0. The number of nitrogens with zero attached hydrogens (tertiary/aromatic N) is 1. The van der Waals surface area contributed by atoms with Crippen LogP contribution in [0.2, 0.25) is 0 Å². The molecule has 46 valence electrons. The molecular weight excluding hydrogens is 243 g/mol. The molecule has 0 aromatic heterocycles. The van der Waals surface area contributed by atoms with E-state index in [2.05, 4.69) is 15.9 Å². The third kappa shape index (κ3) is 2.60. The molecule has 0 aliphatic heterocycles. The van der Waals surface area contributed by atoms with Crippen molar-refractivity contribution in [3.8, 4) is 6.07 Å². The molecule has 0 fully saturated rings. The molecule has 0 saturated carbocycles. The van der Waals surface area contributed by atoms with E-state index in [9.17, 15) is 0 Å². The van der Waals surface area contributed by atoms with Gasteiger partial charge in [0.05, 0.1) is 11.6 Å². The molecule has 0 radical (unpaired) electrons. The standard InChI is InChI=1S/C7H4BrN.Zn/c8-7-3-1-6(5-9)2-4-7;/h1-4H;. The first kappa shape index (κ1) is 9.81. The van der Waals surface area contributed by atoms with Crippen molar-refractivity contribution in [2.24, 2.45) is 0 Å². The van der Waals surface area contributed by atoms with Crippen LogP contribution in [0.25, 0.3) is 0 Å².